The third-order valence-electron chi connectivity index (χ3n) is 4.32. The molecule has 1 amide bonds. The van der Waals surface area contributed by atoms with Gasteiger partial charge in [-0.25, -0.2) is 0 Å². The summed E-state index contributed by atoms with van der Waals surface area (Å²) in [5, 5.41) is 3.17. The monoisotopic (exact) mass is 294 g/mol. The van der Waals surface area contributed by atoms with Crippen molar-refractivity contribution in [1.82, 2.24) is 5.32 Å². The van der Waals surface area contributed by atoms with Crippen LogP contribution in [0.3, 0.4) is 0 Å². The van der Waals surface area contributed by atoms with Crippen LogP contribution >= 0.6 is 11.6 Å². The highest BCUT2D eigenvalue weighted by atomic mass is 35.5. The van der Waals surface area contributed by atoms with Gasteiger partial charge in [-0.15, -0.1) is 0 Å². The highest BCUT2D eigenvalue weighted by Crippen LogP contribution is 2.44. The van der Waals surface area contributed by atoms with E-state index >= 15 is 0 Å². The van der Waals surface area contributed by atoms with Crippen molar-refractivity contribution in [3.8, 4) is 0 Å². The summed E-state index contributed by atoms with van der Waals surface area (Å²) in [5.41, 5.74) is 0.460. The van der Waals surface area contributed by atoms with E-state index in [4.69, 9.17) is 16.3 Å². The van der Waals surface area contributed by atoms with Gasteiger partial charge < -0.3 is 4.74 Å². The van der Waals surface area contributed by atoms with E-state index in [0.29, 0.717) is 19.6 Å². The number of hydrogen-bond acceptors (Lipinski definition) is 3. The lowest BCUT2D eigenvalue weighted by atomic mass is 9.77. The van der Waals surface area contributed by atoms with Gasteiger partial charge in [0.2, 0.25) is 0 Å². The highest BCUT2D eigenvalue weighted by Gasteiger charge is 2.62. The lowest BCUT2D eigenvalue weighted by molar-refractivity contribution is -0.137. The normalized spacial score (nSPS) is 36.5. The van der Waals surface area contributed by atoms with E-state index in [1.54, 1.807) is 4.90 Å². The first-order chi connectivity index (χ1) is 9.51. The van der Waals surface area contributed by atoms with Gasteiger partial charge in [-0.2, -0.15) is 0 Å². The van der Waals surface area contributed by atoms with Crippen molar-refractivity contribution in [3.05, 3.63) is 30.3 Å². The number of benzene rings is 1. The molecule has 0 spiro atoms. The Labute approximate surface area is 124 Å². The summed E-state index contributed by atoms with van der Waals surface area (Å²) in [4.78, 5) is 13.5. The van der Waals surface area contributed by atoms with Crippen LogP contribution in [0.2, 0.25) is 0 Å². The lowest BCUT2D eigenvalue weighted by Gasteiger charge is -2.59. The van der Waals surface area contributed by atoms with Crippen molar-refractivity contribution in [3.63, 3.8) is 0 Å². The fourth-order valence-corrected chi connectivity index (χ4v) is 3.50. The second-order valence-corrected chi connectivity index (χ2v) is 6.28. The van der Waals surface area contributed by atoms with Crippen molar-refractivity contribution in [2.75, 3.05) is 18.1 Å². The van der Waals surface area contributed by atoms with Crippen LogP contribution in [0.1, 0.15) is 20.3 Å². The standard InChI is InChI=1S/C15H19ClN2O2/c1-3-20-12-9-15(16)13(19)18(14(12,2)10-17-15)11-7-5-4-6-8-11/h4-8,12,17H,3,9-10H2,1-2H3/t12-,14-,15+/m0/s1. The molecule has 1 aromatic carbocycles. The number of ether oxygens (including phenoxy) is 1. The minimum absolute atomic E-state index is 0.0656. The first kappa shape index (κ1) is 13.9. The van der Waals surface area contributed by atoms with Gasteiger partial charge in [0.05, 0.1) is 11.6 Å². The average molecular weight is 295 g/mol. The van der Waals surface area contributed by atoms with E-state index in [9.17, 15) is 4.79 Å². The molecule has 5 heteroatoms. The Morgan fingerprint density at radius 3 is 2.80 bits per heavy atom. The van der Waals surface area contributed by atoms with Crippen LogP contribution in [0, 0.1) is 0 Å². The molecule has 3 saturated heterocycles. The number of alkyl halides is 1. The van der Waals surface area contributed by atoms with Gasteiger partial charge in [0.15, 0.2) is 5.00 Å². The first-order valence-corrected chi connectivity index (χ1v) is 7.34. The second-order valence-electron chi connectivity index (χ2n) is 5.64. The van der Waals surface area contributed by atoms with Gasteiger partial charge >= 0.3 is 0 Å². The molecule has 1 N–H and O–H groups in total. The fraction of sp³-hybridized carbons (Fsp3) is 0.533. The van der Waals surface area contributed by atoms with Gasteiger partial charge in [-0.05, 0) is 26.0 Å². The number of anilines is 1. The number of piperazine rings is 1. The number of nitrogens with one attached hydrogen (secondary N) is 1. The molecule has 3 heterocycles. The summed E-state index contributed by atoms with van der Waals surface area (Å²) in [5.74, 6) is -0.0879. The Morgan fingerprint density at radius 2 is 2.15 bits per heavy atom. The molecule has 3 aliphatic heterocycles. The maximum atomic E-state index is 12.7. The molecular formula is C15H19ClN2O2. The summed E-state index contributed by atoms with van der Waals surface area (Å²) in [6, 6.07) is 9.67. The van der Waals surface area contributed by atoms with Gasteiger partial charge in [0.1, 0.15) is 0 Å². The molecule has 0 unspecified atom stereocenters. The largest absolute Gasteiger partial charge is 0.376 e. The highest BCUT2D eigenvalue weighted by molar-refractivity contribution is 6.37. The molecule has 20 heavy (non-hydrogen) atoms. The molecule has 0 radical (unpaired) electrons. The Balaban J connectivity index is 2.06. The van der Waals surface area contributed by atoms with E-state index in [-0.39, 0.29) is 12.0 Å². The smallest absolute Gasteiger partial charge is 0.263 e. The van der Waals surface area contributed by atoms with E-state index < -0.39 is 10.5 Å². The van der Waals surface area contributed by atoms with Crippen LogP contribution < -0.4 is 10.2 Å². The summed E-state index contributed by atoms with van der Waals surface area (Å²) in [6.45, 7) is 5.27. The van der Waals surface area contributed by atoms with Crippen molar-refractivity contribution in [1.29, 1.82) is 0 Å². The van der Waals surface area contributed by atoms with Crippen molar-refractivity contribution in [2.45, 2.75) is 36.9 Å². The van der Waals surface area contributed by atoms with Crippen LogP contribution in [0.15, 0.2) is 30.3 Å². The first-order valence-electron chi connectivity index (χ1n) is 6.96. The fourth-order valence-electron chi connectivity index (χ4n) is 3.20. The predicted octanol–water partition coefficient (Wildman–Crippen LogP) is 2.13. The molecule has 0 aliphatic carbocycles. The molecule has 0 aromatic heterocycles. The summed E-state index contributed by atoms with van der Waals surface area (Å²) >= 11 is 6.50. The van der Waals surface area contributed by atoms with E-state index in [1.165, 1.54) is 0 Å². The van der Waals surface area contributed by atoms with E-state index in [2.05, 4.69) is 12.2 Å². The van der Waals surface area contributed by atoms with Crippen LogP contribution in [0.4, 0.5) is 5.69 Å². The van der Waals surface area contributed by atoms with Gasteiger partial charge in [-0.3, -0.25) is 15.0 Å². The molecule has 4 nitrogen and oxygen atoms in total. The quantitative estimate of drug-likeness (QED) is 0.686. The summed E-state index contributed by atoms with van der Waals surface area (Å²) in [6.07, 6.45) is 0.435. The third kappa shape index (κ3) is 1.86. The van der Waals surface area contributed by atoms with Gasteiger partial charge in [0, 0.05) is 25.3 Å². The number of piperidine rings is 2. The minimum Gasteiger partial charge on any atom is -0.376 e. The Hall–Kier alpha value is -1.10. The van der Waals surface area contributed by atoms with E-state index in [0.717, 1.165) is 5.69 Å². The maximum Gasteiger partial charge on any atom is 0.263 e. The number of nitrogens with zero attached hydrogens (tertiary/aromatic N) is 1. The van der Waals surface area contributed by atoms with Crippen molar-refractivity contribution in [2.24, 2.45) is 0 Å². The number of carbonyl (C=O) groups is 1. The van der Waals surface area contributed by atoms with Crippen molar-refractivity contribution < 1.29 is 9.53 Å². The molecule has 108 valence electrons. The SMILES string of the molecule is CCO[C@H]1C[C@@]2(Cl)NC[C@]1(C)N(c1ccccc1)C2=O. The van der Waals surface area contributed by atoms with Crippen LogP contribution in [-0.4, -0.2) is 35.7 Å². The number of para-hydroxylation sites is 1. The summed E-state index contributed by atoms with van der Waals surface area (Å²) < 4.78 is 5.87. The number of carbonyl (C=O) groups excluding carboxylic acids is 1. The van der Waals surface area contributed by atoms with Crippen LogP contribution in [-0.2, 0) is 9.53 Å². The van der Waals surface area contributed by atoms with Crippen LogP contribution in [0.5, 0.6) is 0 Å². The number of amides is 1. The lowest BCUT2D eigenvalue weighted by Crippen LogP contribution is -2.80. The molecule has 3 aliphatic rings. The van der Waals surface area contributed by atoms with Gasteiger partial charge in [0.25, 0.3) is 5.91 Å². The van der Waals surface area contributed by atoms with Gasteiger partial charge in [-0.1, -0.05) is 29.8 Å². The van der Waals surface area contributed by atoms with Crippen LogP contribution in [0.25, 0.3) is 0 Å². The molecular weight excluding hydrogens is 276 g/mol. The molecule has 2 bridgehead atoms. The zero-order chi connectivity index (χ0) is 14.4. The zero-order valence-electron chi connectivity index (χ0n) is 11.7. The number of fused-ring (bicyclic) bond motifs is 3. The third-order valence-corrected chi connectivity index (χ3v) is 4.77. The predicted molar refractivity (Wildman–Crippen MR) is 79.0 cm³/mol. The topological polar surface area (TPSA) is 41.6 Å². The minimum atomic E-state index is -1.05. The Morgan fingerprint density at radius 1 is 1.45 bits per heavy atom. The molecule has 3 atom stereocenters. The summed E-state index contributed by atoms with van der Waals surface area (Å²) in [7, 11) is 0. The Kier molecular flexibility index (Phi) is 3.27. The maximum absolute atomic E-state index is 12.7. The number of rotatable bonds is 3. The second kappa shape index (κ2) is 4.72. The molecule has 0 saturated carbocycles. The average Bonchev–Trinajstić information content (AvgIpc) is 2.44. The van der Waals surface area contributed by atoms with E-state index in [1.807, 2.05) is 37.3 Å². The Bertz CT molecular complexity index is 524. The zero-order valence-corrected chi connectivity index (χ0v) is 12.5. The number of hydrogen-bond donors (Lipinski definition) is 1. The molecule has 4 rings (SSSR count). The molecule has 3 fully saturated rings. The number of halogens is 1. The van der Waals surface area contributed by atoms with Crippen molar-refractivity contribution >= 4 is 23.2 Å². The molecule has 1 aromatic rings.